The van der Waals surface area contributed by atoms with Crippen LogP contribution in [0.3, 0.4) is 0 Å². The molecule has 0 saturated carbocycles. The monoisotopic (exact) mass is 357 g/mol. The fourth-order valence-corrected chi connectivity index (χ4v) is 2.44. The van der Waals surface area contributed by atoms with Crippen LogP contribution >= 0.6 is 11.6 Å². The van der Waals surface area contributed by atoms with Gasteiger partial charge in [0.1, 0.15) is 6.54 Å². The van der Waals surface area contributed by atoms with Crippen molar-refractivity contribution < 1.29 is 24.2 Å². The maximum Gasteiger partial charge on any atom is 0.323 e. The average molecular weight is 358 g/mol. The molecule has 0 radical (unpaired) electrons. The van der Waals surface area contributed by atoms with E-state index in [9.17, 15) is 9.59 Å². The van der Waals surface area contributed by atoms with Crippen LogP contribution in [0.15, 0.2) is 12.1 Å². The van der Waals surface area contributed by atoms with Crippen molar-refractivity contribution in [1.82, 2.24) is 4.90 Å². The molecule has 0 unspecified atom stereocenters. The van der Waals surface area contributed by atoms with Crippen molar-refractivity contribution in [1.29, 1.82) is 0 Å². The minimum absolute atomic E-state index is 0.264. The van der Waals surface area contributed by atoms with Gasteiger partial charge in [0, 0.05) is 12.1 Å². The number of ether oxygens (including phenoxy) is 2. The molecule has 0 aliphatic rings. The van der Waals surface area contributed by atoms with Crippen molar-refractivity contribution in [2.75, 3.05) is 26.8 Å². The van der Waals surface area contributed by atoms with Gasteiger partial charge in [-0.2, -0.15) is 0 Å². The smallest absolute Gasteiger partial charge is 0.323 e. The van der Waals surface area contributed by atoms with E-state index in [4.69, 9.17) is 26.2 Å². The second-order valence-corrected chi connectivity index (χ2v) is 5.72. The molecule has 1 aromatic rings. The van der Waals surface area contributed by atoms with Gasteiger partial charge in [-0.1, -0.05) is 31.9 Å². The Balaban J connectivity index is 3.08. The number of carbonyl (C=O) groups is 2. The van der Waals surface area contributed by atoms with Gasteiger partial charge in [-0.05, 0) is 25.0 Å². The predicted molar refractivity (Wildman–Crippen MR) is 92.2 cm³/mol. The number of carboxylic acids is 1. The van der Waals surface area contributed by atoms with Crippen LogP contribution in [0.4, 0.5) is 0 Å². The summed E-state index contributed by atoms with van der Waals surface area (Å²) in [7, 11) is 1.47. The van der Waals surface area contributed by atoms with E-state index in [0.717, 1.165) is 12.8 Å². The summed E-state index contributed by atoms with van der Waals surface area (Å²) in [5.74, 6) is -0.716. The molecule has 134 valence electrons. The van der Waals surface area contributed by atoms with Crippen molar-refractivity contribution in [3.63, 3.8) is 0 Å². The van der Waals surface area contributed by atoms with Gasteiger partial charge < -0.3 is 19.5 Å². The minimum atomic E-state index is -1.06. The molecule has 7 heteroatoms. The van der Waals surface area contributed by atoms with Crippen LogP contribution in [0.5, 0.6) is 11.5 Å². The Morgan fingerprint density at radius 3 is 2.50 bits per heavy atom. The topological polar surface area (TPSA) is 76.1 Å². The van der Waals surface area contributed by atoms with Crippen molar-refractivity contribution in [2.24, 2.45) is 0 Å². The molecular weight excluding hydrogens is 334 g/mol. The second kappa shape index (κ2) is 10.0. The van der Waals surface area contributed by atoms with E-state index in [-0.39, 0.29) is 17.1 Å². The van der Waals surface area contributed by atoms with Gasteiger partial charge in [-0.3, -0.25) is 9.59 Å². The third-order valence-electron chi connectivity index (χ3n) is 3.33. The summed E-state index contributed by atoms with van der Waals surface area (Å²) in [5, 5.41) is 9.23. The molecule has 6 nitrogen and oxygen atoms in total. The van der Waals surface area contributed by atoms with E-state index in [1.165, 1.54) is 24.1 Å². The lowest BCUT2D eigenvalue weighted by Gasteiger charge is -2.21. The first-order valence-electron chi connectivity index (χ1n) is 7.95. The lowest BCUT2D eigenvalue weighted by atomic mass is 10.1. The quantitative estimate of drug-likeness (QED) is 0.649. The molecule has 0 aromatic heterocycles. The molecule has 0 saturated heterocycles. The van der Waals surface area contributed by atoms with Gasteiger partial charge in [-0.25, -0.2) is 0 Å². The number of carbonyl (C=O) groups excluding carboxylic acids is 1. The summed E-state index contributed by atoms with van der Waals surface area (Å²) >= 11 is 6.23. The number of methoxy groups -OCH3 is 1. The summed E-state index contributed by atoms with van der Waals surface area (Å²) < 4.78 is 10.9. The first kappa shape index (κ1) is 20.1. The number of amides is 1. The molecule has 1 aromatic carbocycles. The SMILES string of the molecule is CCCCOc1c(Cl)cc(C(=O)N(CCC)CC(=O)O)cc1OC. The Bertz CT molecular complexity index is 576. The standard InChI is InChI=1S/C17H24ClNO5/c1-4-6-8-24-16-13(18)9-12(10-14(16)23-3)17(22)19(7-5-2)11-15(20)21/h9-10H,4-8,11H2,1-3H3,(H,20,21). The Labute approximate surface area is 147 Å². The van der Waals surface area contributed by atoms with Gasteiger partial charge >= 0.3 is 5.97 Å². The lowest BCUT2D eigenvalue weighted by molar-refractivity contribution is -0.137. The first-order chi connectivity index (χ1) is 11.4. The van der Waals surface area contributed by atoms with Crippen LogP contribution in [0, 0.1) is 0 Å². The van der Waals surface area contributed by atoms with Crippen molar-refractivity contribution in [3.05, 3.63) is 22.7 Å². The average Bonchev–Trinajstić information content (AvgIpc) is 2.54. The number of halogens is 1. The third-order valence-corrected chi connectivity index (χ3v) is 3.61. The molecule has 0 atom stereocenters. The Morgan fingerprint density at radius 1 is 1.25 bits per heavy atom. The molecule has 0 heterocycles. The summed E-state index contributed by atoms with van der Waals surface area (Å²) in [5.41, 5.74) is 0.273. The van der Waals surface area contributed by atoms with E-state index in [0.29, 0.717) is 31.1 Å². The van der Waals surface area contributed by atoms with Crippen LogP contribution in [0.2, 0.25) is 5.02 Å². The molecular formula is C17H24ClNO5. The van der Waals surface area contributed by atoms with Gasteiger partial charge in [-0.15, -0.1) is 0 Å². The van der Waals surface area contributed by atoms with Crippen LogP contribution < -0.4 is 9.47 Å². The maximum atomic E-state index is 12.6. The largest absolute Gasteiger partial charge is 0.493 e. The summed E-state index contributed by atoms with van der Waals surface area (Å²) in [6.45, 7) is 4.41. The maximum absolute atomic E-state index is 12.6. The van der Waals surface area contributed by atoms with Crippen molar-refractivity contribution in [2.45, 2.75) is 33.1 Å². The van der Waals surface area contributed by atoms with Crippen molar-refractivity contribution >= 4 is 23.5 Å². The molecule has 0 aliphatic heterocycles. The van der Waals surface area contributed by atoms with Gasteiger partial charge in [0.15, 0.2) is 11.5 Å². The van der Waals surface area contributed by atoms with Gasteiger partial charge in [0.2, 0.25) is 0 Å². The first-order valence-corrected chi connectivity index (χ1v) is 8.33. The number of nitrogens with zero attached hydrogens (tertiary/aromatic N) is 1. The van der Waals surface area contributed by atoms with Crippen LogP contribution in [-0.4, -0.2) is 48.7 Å². The van der Waals surface area contributed by atoms with E-state index in [1.807, 2.05) is 6.92 Å². The highest BCUT2D eigenvalue weighted by atomic mass is 35.5. The van der Waals surface area contributed by atoms with E-state index >= 15 is 0 Å². The summed E-state index contributed by atoms with van der Waals surface area (Å²) in [4.78, 5) is 24.8. The van der Waals surface area contributed by atoms with E-state index in [2.05, 4.69) is 6.92 Å². The number of benzene rings is 1. The lowest BCUT2D eigenvalue weighted by Crippen LogP contribution is -2.36. The zero-order chi connectivity index (χ0) is 18.1. The van der Waals surface area contributed by atoms with Gasteiger partial charge in [0.25, 0.3) is 5.91 Å². The molecule has 24 heavy (non-hydrogen) atoms. The molecule has 1 N–H and O–H groups in total. The van der Waals surface area contributed by atoms with E-state index in [1.54, 1.807) is 0 Å². The third kappa shape index (κ3) is 5.60. The van der Waals surface area contributed by atoms with Crippen LogP contribution in [-0.2, 0) is 4.79 Å². The predicted octanol–water partition coefficient (Wildman–Crippen LogP) is 3.46. The van der Waals surface area contributed by atoms with Gasteiger partial charge in [0.05, 0.1) is 18.7 Å². The highest BCUT2D eigenvalue weighted by molar-refractivity contribution is 6.32. The molecule has 0 bridgehead atoms. The fraction of sp³-hybridized carbons (Fsp3) is 0.529. The number of hydrogen-bond acceptors (Lipinski definition) is 4. The number of hydrogen-bond donors (Lipinski definition) is 1. The fourth-order valence-electron chi connectivity index (χ4n) is 2.17. The summed E-state index contributed by atoms with van der Waals surface area (Å²) in [6.07, 6.45) is 2.52. The minimum Gasteiger partial charge on any atom is -0.493 e. The number of rotatable bonds is 10. The van der Waals surface area contributed by atoms with Crippen LogP contribution in [0.25, 0.3) is 0 Å². The van der Waals surface area contributed by atoms with Crippen LogP contribution in [0.1, 0.15) is 43.5 Å². The zero-order valence-electron chi connectivity index (χ0n) is 14.3. The Hall–Kier alpha value is -1.95. The highest BCUT2D eigenvalue weighted by Crippen LogP contribution is 2.36. The number of carboxylic acid groups (broad SMARTS) is 1. The molecule has 0 spiro atoms. The van der Waals surface area contributed by atoms with E-state index < -0.39 is 11.9 Å². The molecule has 0 fully saturated rings. The zero-order valence-corrected chi connectivity index (χ0v) is 15.1. The second-order valence-electron chi connectivity index (χ2n) is 5.31. The number of unbranched alkanes of at least 4 members (excludes halogenated alkanes) is 1. The highest BCUT2D eigenvalue weighted by Gasteiger charge is 2.21. The molecule has 1 amide bonds. The summed E-state index contributed by atoms with van der Waals surface area (Å²) in [6, 6.07) is 3.01. The normalized spacial score (nSPS) is 10.3. The molecule has 1 rings (SSSR count). The number of aliphatic carboxylic acids is 1. The Morgan fingerprint density at radius 2 is 1.96 bits per heavy atom. The van der Waals surface area contributed by atoms with Crippen molar-refractivity contribution in [3.8, 4) is 11.5 Å². The Kier molecular flexibility index (Phi) is 8.40. The molecule has 0 aliphatic carbocycles.